The second kappa shape index (κ2) is 12.8. The molecule has 0 fully saturated rings. The highest BCUT2D eigenvalue weighted by Gasteiger charge is 2.03. The van der Waals surface area contributed by atoms with E-state index in [2.05, 4.69) is 57.7 Å². The molecule has 0 saturated carbocycles. The van der Waals surface area contributed by atoms with Gasteiger partial charge in [-0.25, -0.2) is 4.98 Å². The molecule has 0 bridgehead atoms. The third-order valence-electron chi connectivity index (χ3n) is 3.18. The third-order valence-corrected chi connectivity index (χ3v) is 3.79. The van der Waals surface area contributed by atoms with Crippen molar-refractivity contribution in [2.45, 2.75) is 20.4 Å². The van der Waals surface area contributed by atoms with Gasteiger partial charge in [0.25, 0.3) is 0 Å². The average molecular weight is 437 g/mol. The van der Waals surface area contributed by atoms with Crippen LogP contribution in [0.4, 0.5) is 5.82 Å². The lowest BCUT2D eigenvalue weighted by atomic mass is 10.2. The molecule has 5 nitrogen and oxygen atoms in total. The Hall–Kier alpha value is -0.700. The predicted molar refractivity (Wildman–Crippen MR) is 110 cm³/mol. The van der Waals surface area contributed by atoms with Crippen LogP contribution in [0.1, 0.15) is 19.4 Å². The molecule has 0 unspecified atom stereocenters. The van der Waals surface area contributed by atoms with Crippen LogP contribution < -0.4 is 15.5 Å². The molecule has 0 saturated heterocycles. The van der Waals surface area contributed by atoms with E-state index in [0.717, 1.165) is 49.3 Å². The number of hydrogen-bond acceptors (Lipinski definition) is 4. The summed E-state index contributed by atoms with van der Waals surface area (Å²) in [7, 11) is 1.79. The van der Waals surface area contributed by atoms with Gasteiger partial charge in [-0.1, -0.05) is 6.07 Å². The zero-order chi connectivity index (χ0) is 15.5. The monoisotopic (exact) mass is 437 g/mol. The van der Waals surface area contributed by atoms with E-state index in [1.165, 1.54) is 0 Å². The Bertz CT molecular complexity index is 420. The predicted octanol–water partition coefficient (Wildman–Crippen LogP) is 2.57. The molecule has 126 valence electrons. The number of hydrogen-bond donors (Lipinski definition) is 2. The average Bonchev–Trinajstić information content (AvgIpc) is 2.53. The zero-order valence-electron chi connectivity index (χ0n) is 13.9. The van der Waals surface area contributed by atoms with E-state index in [9.17, 15) is 0 Å². The highest BCUT2D eigenvalue weighted by molar-refractivity contribution is 14.0. The molecule has 1 heterocycles. The molecule has 0 amide bonds. The maximum atomic E-state index is 4.52. The lowest BCUT2D eigenvalue weighted by Crippen LogP contribution is -2.37. The Kier molecular flexibility index (Phi) is 12.4. The zero-order valence-corrected chi connectivity index (χ0v) is 17.1. The third kappa shape index (κ3) is 7.53. The van der Waals surface area contributed by atoms with Gasteiger partial charge < -0.3 is 15.5 Å². The number of pyridine rings is 1. The summed E-state index contributed by atoms with van der Waals surface area (Å²) in [6.45, 7) is 7.89. The van der Waals surface area contributed by atoms with Gasteiger partial charge >= 0.3 is 0 Å². The van der Waals surface area contributed by atoms with Crippen LogP contribution in [0.25, 0.3) is 0 Å². The van der Waals surface area contributed by atoms with Gasteiger partial charge in [-0.2, -0.15) is 11.8 Å². The van der Waals surface area contributed by atoms with Crippen molar-refractivity contribution in [3.8, 4) is 0 Å². The van der Waals surface area contributed by atoms with Crippen LogP contribution in [0.15, 0.2) is 23.3 Å². The van der Waals surface area contributed by atoms with Crippen molar-refractivity contribution in [3.63, 3.8) is 0 Å². The van der Waals surface area contributed by atoms with E-state index in [4.69, 9.17) is 0 Å². The number of nitrogens with zero attached hydrogens (tertiary/aromatic N) is 3. The number of guanidine groups is 1. The first kappa shape index (κ1) is 21.3. The maximum absolute atomic E-state index is 4.52. The Morgan fingerprint density at radius 1 is 1.27 bits per heavy atom. The molecule has 1 rings (SSSR count). The van der Waals surface area contributed by atoms with Gasteiger partial charge in [0, 0.05) is 45.2 Å². The number of aromatic nitrogens is 1. The van der Waals surface area contributed by atoms with E-state index in [1.807, 2.05) is 18.0 Å². The molecule has 0 aliphatic rings. The van der Waals surface area contributed by atoms with Gasteiger partial charge in [-0.3, -0.25) is 4.99 Å². The van der Waals surface area contributed by atoms with Gasteiger partial charge in [-0.05, 0) is 31.7 Å². The Morgan fingerprint density at radius 2 is 2.00 bits per heavy atom. The van der Waals surface area contributed by atoms with Gasteiger partial charge in [-0.15, -0.1) is 24.0 Å². The summed E-state index contributed by atoms with van der Waals surface area (Å²) < 4.78 is 0. The summed E-state index contributed by atoms with van der Waals surface area (Å²) in [5.41, 5.74) is 1.15. The molecule has 0 atom stereocenters. The van der Waals surface area contributed by atoms with Crippen molar-refractivity contribution < 1.29 is 0 Å². The van der Waals surface area contributed by atoms with Crippen LogP contribution in [0.2, 0.25) is 0 Å². The summed E-state index contributed by atoms with van der Waals surface area (Å²) in [4.78, 5) is 11.0. The van der Waals surface area contributed by atoms with E-state index in [1.54, 1.807) is 7.05 Å². The number of rotatable bonds is 8. The first-order chi connectivity index (χ1) is 10.2. The van der Waals surface area contributed by atoms with Crippen LogP contribution in [0.5, 0.6) is 0 Å². The summed E-state index contributed by atoms with van der Waals surface area (Å²) in [6.07, 6.45) is 4.02. The summed E-state index contributed by atoms with van der Waals surface area (Å²) >= 11 is 1.82. The van der Waals surface area contributed by atoms with Crippen molar-refractivity contribution in [2.24, 2.45) is 4.99 Å². The Balaban J connectivity index is 0.00000441. The van der Waals surface area contributed by atoms with Crippen molar-refractivity contribution in [3.05, 3.63) is 23.9 Å². The largest absolute Gasteiger partial charge is 0.357 e. The highest BCUT2D eigenvalue weighted by atomic mass is 127. The lowest BCUT2D eigenvalue weighted by molar-refractivity contribution is 0.820. The van der Waals surface area contributed by atoms with Crippen LogP contribution in [0.3, 0.4) is 0 Å². The molecule has 2 N–H and O–H groups in total. The maximum Gasteiger partial charge on any atom is 0.191 e. The number of nitrogens with one attached hydrogen (secondary N) is 2. The smallest absolute Gasteiger partial charge is 0.191 e. The second-order valence-corrected chi connectivity index (χ2v) is 5.53. The van der Waals surface area contributed by atoms with E-state index in [0.29, 0.717) is 0 Å². The summed E-state index contributed by atoms with van der Waals surface area (Å²) in [5.74, 6) is 2.93. The number of thioether (sulfide) groups is 1. The van der Waals surface area contributed by atoms with Crippen LogP contribution >= 0.6 is 35.7 Å². The van der Waals surface area contributed by atoms with Crippen LogP contribution in [-0.2, 0) is 6.54 Å². The van der Waals surface area contributed by atoms with Crippen molar-refractivity contribution in [1.29, 1.82) is 0 Å². The minimum Gasteiger partial charge on any atom is -0.357 e. The molecule has 7 heteroatoms. The Labute approximate surface area is 155 Å². The first-order valence-electron chi connectivity index (χ1n) is 7.38. The molecule has 0 aromatic carbocycles. The highest BCUT2D eigenvalue weighted by Crippen LogP contribution is 2.10. The van der Waals surface area contributed by atoms with Crippen LogP contribution in [-0.4, -0.2) is 49.6 Å². The van der Waals surface area contributed by atoms with Gasteiger partial charge in [0.05, 0.1) is 0 Å². The van der Waals surface area contributed by atoms with Gasteiger partial charge in [0.1, 0.15) is 5.82 Å². The fraction of sp³-hybridized carbons (Fsp3) is 0.600. The summed E-state index contributed by atoms with van der Waals surface area (Å²) in [5, 5.41) is 6.58. The normalized spacial score (nSPS) is 10.8. The summed E-state index contributed by atoms with van der Waals surface area (Å²) in [6, 6.07) is 4.19. The van der Waals surface area contributed by atoms with E-state index in [-0.39, 0.29) is 24.0 Å². The van der Waals surface area contributed by atoms with E-state index >= 15 is 0 Å². The Morgan fingerprint density at radius 3 is 2.50 bits per heavy atom. The fourth-order valence-corrected chi connectivity index (χ4v) is 2.24. The molecular formula is C15H28IN5S. The van der Waals surface area contributed by atoms with Crippen molar-refractivity contribution in [1.82, 2.24) is 15.6 Å². The minimum absolute atomic E-state index is 0. The molecule has 0 spiro atoms. The standard InChI is InChI=1S/C15H27N5S.HI/c1-5-20(6-2)14-8-7-13(11-18-14)12-19-15(16-3)17-9-10-21-4;/h7-8,11H,5-6,9-10,12H2,1-4H3,(H2,16,17,19);1H. The molecule has 1 aromatic heterocycles. The topological polar surface area (TPSA) is 52.5 Å². The number of aliphatic imine (C=N–C) groups is 1. The number of anilines is 1. The van der Waals surface area contributed by atoms with Crippen LogP contribution in [0, 0.1) is 0 Å². The van der Waals surface area contributed by atoms with E-state index < -0.39 is 0 Å². The first-order valence-corrected chi connectivity index (χ1v) is 8.77. The quantitative estimate of drug-likeness (QED) is 0.284. The molecule has 0 aliphatic carbocycles. The van der Waals surface area contributed by atoms with Crippen molar-refractivity contribution in [2.75, 3.05) is 43.6 Å². The van der Waals surface area contributed by atoms with Crippen molar-refractivity contribution >= 4 is 47.5 Å². The molecule has 0 aliphatic heterocycles. The molecule has 1 aromatic rings. The SMILES string of the molecule is CCN(CC)c1ccc(CNC(=NC)NCCSC)cn1.I. The molecule has 0 radical (unpaired) electrons. The van der Waals surface area contributed by atoms with Gasteiger partial charge in [0.2, 0.25) is 0 Å². The minimum atomic E-state index is 0. The second-order valence-electron chi connectivity index (χ2n) is 4.54. The fourth-order valence-electron chi connectivity index (χ4n) is 1.93. The molecular weight excluding hydrogens is 409 g/mol. The number of halogens is 1. The lowest BCUT2D eigenvalue weighted by Gasteiger charge is -2.19. The van der Waals surface area contributed by atoms with Gasteiger partial charge in [0.15, 0.2) is 5.96 Å². The molecule has 22 heavy (non-hydrogen) atoms.